The first-order chi connectivity index (χ1) is 14.1. The van der Waals surface area contributed by atoms with Crippen LogP contribution in [-0.4, -0.2) is 49.1 Å². The number of imidazole rings is 1. The molecule has 3 heterocycles. The van der Waals surface area contributed by atoms with Crippen molar-refractivity contribution in [2.24, 2.45) is 0 Å². The van der Waals surface area contributed by atoms with Gasteiger partial charge in [-0.25, -0.2) is 4.98 Å². The van der Waals surface area contributed by atoms with Crippen LogP contribution < -0.4 is 0 Å². The fourth-order valence-corrected chi connectivity index (χ4v) is 3.71. The first-order valence-electron chi connectivity index (χ1n) is 9.15. The van der Waals surface area contributed by atoms with Gasteiger partial charge in [0, 0.05) is 22.0 Å². The number of nitrogens with zero attached hydrogens (tertiary/aromatic N) is 3. The van der Waals surface area contributed by atoms with Crippen LogP contribution in [0.5, 0.6) is 0 Å². The predicted molar refractivity (Wildman–Crippen MR) is 108 cm³/mol. The molecule has 4 aromatic rings. The van der Waals surface area contributed by atoms with Gasteiger partial charge in [0.2, 0.25) is 5.82 Å². The summed E-state index contributed by atoms with van der Waals surface area (Å²) in [6.45, 7) is -0.222. The summed E-state index contributed by atoms with van der Waals surface area (Å²) in [6.07, 6.45) is -1.29. The molecule has 3 N–H and O–H groups in total. The minimum absolute atomic E-state index is 0.222. The molecule has 0 spiro atoms. The van der Waals surface area contributed by atoms with E-state index in [2.05, 4.69) is 36.0 Å². The average molecular weight is 457 g/mol. The molecule has 0 unspecified atom stereocenters. The van der Waals surface area contributed by atoms with Gasteiger partial charge in [0.1, 0.15) is 18.0 Å². The highest BCUT2D eigenvalue weighted by Gasteiger charge is 2.35. The number of aliphatic hydroxyl groups excluding tert-OH is 2. The lowest BCUT2D eigenvalue weighted by molar-refractivity contribution is -0.0244. The topological polar surface area (TPSA) is 117 Å². The van der Waals surface area contributed by atoms with Gasteiger partial charge in [-0.1, -0.05) is 21.1 Å². The van der Waals surface area contributed by atoms with E-state index in [-0.39, 0.29) is 12.7 Å². The van der Waals surface area contributed by atoms with Crippen molar-refractivity contribution >= 4 is 27.0 Å². The smallest absolute Gasteiger partial charge is 0.258 e. The van der Waals surface area contributed by atoms with Crippen molar-refractivity contribution < 1.29 is 19.5 Å². The molecule has 148 valence electrons. The van der Waals surface area contributed by atoms with Crippen molar-refractivity contribution in [3.8, 4) is 22.8 Å². The Kier molecular flexibility index (Phi) is 4.67. The van der Waals surface area contributed by atoms with Crippen molar-refractivity contribution in [2.45, 2.75) is 24.7 Å². The maximum absolute atomic E-state index is 9.94. The van der Waals surface area contributed by atoms with Gasteiger partial charge < -0.3 is 24.5 Å². The largest absolute Gasteiger partial charge is 0.394 e. The second-order valence-corrected chi connectivity index (χ2v) is 7.85. The molecule has 0 radical (unpaired) electrons. The monoisotopic (exact) mass is 456 g/mol. The molecule has 2 aromatic carbocycles. The van der Waals surface area contributed by atoms with E-state index in [9.17, 15) is 10.2 Å². The molecule has 9 heteroatoms. The Balaban J connectivity index is 1.43. The Morgan fingerprint density at radius 3 is 2.66 bits per heavy atom. The number of benzene rings is 2. The molecule has 29 heavy (non-hydrogen) atoms. The Morgan fingerprint density at radius 2 is 1.90 bits per heavy atom. The summed E-state index contributed by atoms with van der Waals surface area (Å²) in [5, 5.41) is 23.3. The lowest BCUT2D eigenvalue weighted by Gasteiger charge is -2.09. The van der Waals surface area contributed by atoms with Gasteiger partial charge in [0.25, 0.3) is 5.89 Å². The van der Waals surface area contributed by atoms with Crippen molar-refractivity contribution in [3.05, 3.63) is 52.8 Å². The number of rotatable bonds is 4. The molecule has 1 aliphatic heterocycles. The maximum atomic E-state index is 9.94. The van der Waals surface area contributed by atoms with Crippen LogP contribution >= 0.6 is 15.9 Å². The number of nitrogens with one attached hydrogen (secondary N) is 1. The summed E-state index contributed by atoms with van der Waals surface area (Å²) in [7, 11) is 0. The fraction of sp³-hybridized carbons (Fsp3) is 0.250. The highest BCUT2D eigenvalue weighted by molar-refractivity contribution is 9.10. The Morgan fingerprint density at radius 1 is 1.10 bits per heavy atom. The number of ether oxygens (including phenoxy) is 1. The first-order valence-corrected chi connectivity index (χ1v) is 9.94. The van der Waals surface area contributed by atoms with E-state index < -0.39 is 12.2 Å². The number of aliphatic hydroxyl groups is 2. The third kappa shape index (κ3) is 3.46. The predicted octanol–water partition coefficient (Wildman–Crippen LogP) is 3.23. The van der Waals surface area contributed by atoms with E-state index in [0.29, 0.717) is 24.0 Å². The van der Waals surface area contributed by atoms with E-state index >= 15 is 0 Å². The van der Waals surface area contributed by atoms with E-state index in [1.807, 2.05) is 42.5 Å². The molecule has 0 saturated carbocycles. The fourth-order valence-electron chi connectivity index (χ4n) is 3.44. The van der Waals surface area contributed by atoms with Crippen molar-refractivity contribution in [1.82, 2.24) is 20.1 Å². The zero-order valence-corrected chi connectivity index (χ0v) is 16.7. The van der Waals surface area contributed by atoms with Crippen LogP contribution in [0.4, 0.5) is 0 Å². The summed E-state index contributed by atoms with van der Waals surface area (Å²) in [5.74, 6) is 1.54. The van der Waals surface area contributed by atoms with Crippen LogP contribution in [-0.2, 0) is 4.74 Å². The summed E-state index contributed by atoms with van der Waals surface area (Å²) in [5.41, 5.74) is 3.20. The summed E-state index contributed by atoms with van der Waals surface area (Å²) < 4.78 is 12.1. The number of fused-ring (bicyclic) bond motifs is 1. The molecule has 0 aliphatic carbocycles. The molecular weight excluding hydrogens is 440 g/mol. The van der Waals surface area contributed by atoms with Crippen LogP contribution in [0.15, 0.2) is 51.5 Å². The molecule has 1 saturated heterocycles. The van der Waals surface area contributed by atoms with Crippen LogP contribution in [0, 0.1) is 0 Å². The van der Waals surface area contributed by atoms with Gasteiger partial charge in [-0.2, -0.15) is 4.98 Å². The van der Waals surface area contributed by atoms with E-state index in [0.717, 1.165) is 26.6 Å². The second kappa shape index (κ2) is 7.34. The number of aromatic nitrogens is 4. The molecular formula is C20H17BrN4O4. The minimum Gasteiger partial charge on any atom is -0.394 e. The third-order valence-corrected chi connectivity index (χ3v) is 5.51. The number of hydrogen-bond acceptors (Lipinski definition) is 7. The van der Waals surface area contributed by atoms with Crippen LogP contribution in [0.1, 0.15) is 18.3 Å². The summed E-state index contributed by atoms with van der Waals surface area (Å²) >= 11 is 3.41. The van der Waals surface area contributed by atoms with Crippen molar-refractivity contribution in [3.63, 3.8) is 0 Å². The van der Waals surface area contributed by atoms with Gasteiger partial charge in [-0.3, -0.25) is 0 Å². The van der Waals surface area contributed by atoms with Crippen LogP contribution in [0.3, 0.4) is 0 Å². The average Bonchev–Trinajstić information content (AvgIpc) is 3.45. The lowest BCUT2D eigenvalue weighted by atomic mass is 10.1. The molecule has 0 amide bonds. The number of aromatic amines is 1. The zero-order chi connectivity index (χ0) is 20.0. The quantitative estimate of drug-likeness (QED) is 0.431. The van der Waals surface area contributed by atoms with Gasteiger partial charge in [-0.15, -0.1) is 0 Å². The minimum atomic E-state index is -0.704. The van der Waals surface area contributed by atoms with E-state index in [1.165, 1.54) is 0 Å². The molecule has 8 nitrogen and oxygen atoms in total. The lowest BCUT2D eigenvalue weighted by Crippen LogP contribution is -2.24. The van der Waals surface area contributed by atoms with Crippen LogP contribution in [0.25, 0.3) is 33.9 Å². The molecule has 1 fully saturated rings. The van der Waals surface area contributed by atoms with Gasteiger partial charge in [-0.05, 0) is 42.5 Å². The van der Waals surface area contributed by atoms with Gasteiger partial charge in [0.05, 0.1) is 23.7 Å². The van der Waals surface area contributed by atoms with Crippen molar-refractivity contribution in [2.75, 3.05) is 6.61 Å². The SMILES string of the molecule is OC[C@H]1O[C@@H](c2nc3ccc(-c4nc(-c5ccc(Br)cc5)no4)cc3[nH]2)C[C@@H]1O. The molecule has 3 atom stereocenters. The molecule has 0 bridgehead atoms. The second-order valence-electron chi connectivity index (χ2n) is 6.93. The molecule has 2 aromatic heterocycles. The molecule has 5 rings (SSSR count). The normalized spacial score (nSPS) is 21.8. The highest BCUT2D eigenvalue weighted by atomic mass is 79.9. The van der Waals surface area contributed by atoms with E-state index in [1.54, 1.807) is 0 Å². The number of halogens is 1. The van der Waals surface area contributed by atoms with E-state index in [4.69, 9.17) is 9.26 Å². The first kappa shape index (κ1) is 18.4. The van der Waals surface area contributed by atoms with Crippen molar-refractivity contribution in [1.29, 1.82) is 0 Å². The third-order valence-electron chi connectivity index (χ3n) is 4.98. The number of H-pyrrole nitrogens is 1. The van der Waals surface area contributed by atoms with Crippen LogP contribution in [0.2, 0.25) is 0 Å². The zero-order valence-electron chi connectivity index (χ0n) is 15.1. The Bertz CT molecular complexity index is 1160. The highest BCUT2D eigenvalue weighted by Crippen LogP contribution is 2.33. The Hall–Kier alpha value is -2.59. The standard InChI is InChI=1S/C20H17BrN4O4/c21-12-4-1-10(2-5-12)18-24-20(29-25-18)11-3-6-13-14(7-11)23-19(22-13)16-8-15(27)17(9-26)28-16/h1-7,15-17,26-27H,8-9H2,(H,22,23)/t15-,16+,17+/m0/s1. The maximum Gasteiger partial charge on any atom is 0.258 e. The van der Waals surface area contributed by atoms with Gasteiger partial charge >= 0.3 is 0 Å². The summed E-state index contributed by atoms with van der Waals surface area (Å²) in [4.78, 5) is 12.3. The molecule has 1 aliphatic rings. The Labute approximate surface area is 173 Å². The van der Waals surface area contributed by atoms with Gasteiger partial charge in [0.15, 0.2) is 0 Å². The number of hydrogen-bond donors (Lipinski definition) is 3. The summed E-state index contributed by atoms with van der Waals surface area (Å²) in [6, 6.07) is 13.3.